The molecule has 0 unspecified atom stereocenters. The zero-order valence-corrected chi connectivity index (χ0v) is 17.5. The first-order valence-corrected chi connectivity index (χ1v) is 10.7. The molecule has 156 valence electrons. The Hall–Kier alpha value is -2.28. The van der Waals surface area contributed by atoms with Gasteiger partial charge in [0.1, 0.15) is 12.1 Å². The van der Waals surface area contributed by atoms with E-state index in [9.17, 15) is 14.4 Å². The molecule has 3 aliphatic rings. The number of rotatable bonds is 3. The molecule has 2 atom stereocenters. The van der Waals surface area contributed by atoms with E-state index < -0.39 is 11.6 Å². The van der Waals surface area contributed by atoms with Crippen molar-refractivity contribution in [2.75, 3.05) is 37.6 Å². The van der Waals surface area contributed by atoms with E-state index in [0.29, 0.717) is 37.6 Å². The van der Waals surface area contributed by atoms with Crippen molar-refractivity contribution in [1.82, 2.24) is 15.1 Å². The zero-order valence-electron chi connectivity index (χ0n) is 16.7. The number of carbonyl (C=O) groups is 3. The number of nitrogens with zero attached hydrogens (tertiary/aromatic N) is 3. The van der Waals surface area contributed by atoms with Gasteiger partial charge in [0.2, 0.25) is 5.91 Å². The van der Waals surface area contributed by atoms with E-state index in [4.69, 9.17) is 11.6 Å². The lowest BCUT2D eigenvalue weighted by molar-refractivity contribution is -0.140. The van der Waals surface area contributed by atoms with Gasteiger partial charge in [-0.25, -0.2) is 4.79 Å². The molecule has 3 fully saturated rings. The first kappa shape index (κ1) is 20.0. The van der Waals surface area contributed by atoms with Gasteiger partial charge in [-0.1, -0.05) is 37.4 Å². The fraction of sp³-hybridized carbons (Fsp3) is 0.571. The summed E-state index contributed by atoms with van der Waals surface area (Å²) in [4.78, 5) is 43.4. The van der Waals surface area contributed by atoms with E-state index in [-0.39, 0.29) is 24.3 Å². The van der Waals surface area contributed by atoms with Gasteiger partial charge >= 0.3 is 6.03 Å². The number of benzene rings is 1. The molecule has 8 heteroatoms. The van der Waals surface area contributed by atoms with Crippen LogP contribution in [0.1, 0.15) is 32.6 Å². The summed E-state index contributed by atoms with van der Waals surface area (Å²) >= 11 is 6.07. The second-order valence-corrected chi connectivity index (χ2v) is 8.72. The van der Waals surface area contributed by atoms with E-state index in [1.807, 2.05) is 31.2 Å². The zero-order chi connectivity index (χ0) is 20.6. The minimum absolute atomic E-state index is 0.0917. The molecule has 4 rings (SSSR count). The molecule has 1 spiro atoms. The topological polar surface area (TPSA) is 73.0 Å². The largest absolute Gasteiger partial charge is 0.368 e. The molecular formula is C21H27ClN4O3. The van der Waals surface area contributed by atoms with E-state index in [2.05, 4.69) is 10.2 Å². The molecule has 4 amide bonds. The van der Waals surface area contributed by atoms with Gasteiger partial charge in [0, 0.05) is 36.9 Å². The summed E-state index contributed by atoms with van der Waals surface area (Å²) in [7, 11) is 0. The molecule has 0 aromatic heterocycles. The molecule has 1 saturated carbocycles. The normalized spacial score (nSPS) is 27.5. The summed E-state index contributed by atoms with van der Waals surface area (Å²) < 4.78 is 0. The first-order valence-electron chi connectivity index (χ1n) is 10.3. The van der Waals surface area contributed by atoms with E-state index >= 15 is 0 Å². The van der Waals surface area contributed by atoms with Crippen LogP contribution in [0.15, 0.2) is 24.3 Å². The summed E-state index contributed by atoms with van der Waals surface area (Å²) in [6.45, 7) is 4.31. The Labute approximate surface area is 176 Å². The Bertz CT molecular complexity index is 824. The van der Waals surface area contributed by atoms with Gasteiger partial charge in [0.05, 0.1) is 0 Å². The molecule has 1 N–H and O–H groups in total. The first-order chi connectivity index (χ1) is 13.9. The lowest BCUT2D eigenvalue weighted by Crippen LogP contribution is -2.55. The van der Waals surface area contributed by atoms with Crippen molar-refractivity contribution >= 4 is 35.1 Å². The van der Waals surface area contributed by atoms with Crippen molar-refractivity contribution in [3.63, 3.8) is 0 Å². The predicted molar refractivity (Wildman–Crippen MR) is 111 cm³/mol. The third-order valence-corrected chi connectivity index (χ3v) is 6.84. The molecule has 2 aliphatic heterocycles. The Morgan fingerprint density at radius 2 is 1.97 bits per heavy atom. The van der Waals surface area contributed by atoms with Gasteiger partial charge in [0.25, 0.3) is 5.91 Å². The Morgan fingerprint density at radius 3 is 2.66 bits per heavy atom. The van der Waals surface area contributed by atoms with Crippen LogP contribution in [-0.4, -0.2) is 65.9 Å². The summed E-state index contributed by atoms with van der Waals surface area (Å²) in [5.74, 6) is -0.325. The van der Waals surface area contributed by atoms with Crippen LogP contribution in [-0.2, 0) is 9.59 Å². The predicted octanol–water partition coefficient (Wildman–Crippen LogP) is 2.49. The maximum atomic E-state index is 13.0. The number of nitrogens with one attached hydrogen (secondary N) is 1. The number of imide groups is 1. The highest BCUT2D eigenvalue weighted by atomic mass is 35.5. The van der Waals surface area contributed by atoms with Crippen LogP contribution >= 0.6 is 11.6 Å². The van der Waals surface area contributed by atoms with E-state index in [1.165, 1.54) is 0 Å². The molecule has 29 heavy (non-hydrogen) atoms. The third kappa shape index (κ3) is 3.68. The Morgan fingerprint density at radius 1 is 1.21 bits per heavy atom. The van der Waals surface area contributed by atoms with Gasteiger partial charge in [0.15, 0.2) is 0 Å². The SMILES string of the molecule is C[C@@H]1CCCC[C@@]12NC(=O)N(CC(=O)N1CCN(c3cccc(Cl)c3)CC1)C2=O. The lowest BCUT2D eigenvalue weighted by atomic mass is 9.73. The fourth-order valence-electron chi connectivity index (χ4n) is 4.76. The van der Waals surface area contributed by atoms with Crippen LogP contribution in [0.25, 0.3) is 0 Å². The fourth-order valence-corrected chi connectivity index (χ4v) is 4.95. The number of anilines is 1. The van der Waals surface area contributed by atoms with Crippen molar-refractivity contribution in [3.05, 3.63) is 29.3 Å². The van der Waals surface area contributed by atoms with Gasteiger partial charge in [-0.3, -0.25) is 14.5 Å². The number of amides is 4. The van der Waals surface area contributed by atoms with Crippen molar-refractivity contribution in [2.24, 2.45) is 5.92 Å². The number of hydrogen-bond acceptors (Lipinski definition) is 4. The second-order valence-electron chi connectivity index (χ2n) is 8.29. The minimum atomic E-state index is -0.819. The number of urea groups is 1. The highest BCUT2D eigenvalue weighted by molar-refractivity contribution is 6.30. The highest BCUT2D eigenvalue weighted by Gasteiger charge is 2.55. The van der Waals surface area contributed by atoms with Crippen LogP contribution in [0.2, 0.25) is 5.02 Å². The molecule has 2 heterocycles. The average Bonchev–Trinajstić information content (AvgIpc) is 2.95. The van der Waals surface area contributed by atoms with Crippen molar-refractivity contribution < 1.29 is 14.4 Å². The maximum absolute atomic E-state index is 13.0. The standard InChI is InChI=1S/C21H27ClN4O3/c1-15-5-2-3-8-21(15)19(28)26(20(29)23-21)14-18(27)25-11-9-24(10-12-25)17-7-4-6-16(22)13-17/h4,6-7,13,15H,2-3,5,8-12,14H2,1H3,(H,23,29)/t15-,21-/m1/s1. The lowest BCUT2D eigenvalue weighted by Gasteiger charge is -2.37. The quantitative estimate of drug-likeness (QED) is 0.765. The van der Waals surface area contributed by atoms with Crippen molar-refractivity contribution in [3.8, 4) is 0 Å². The summed E-state index contributed by atoms with van der Waals surface area (Å²) in [6, 6.07) is 7.23. The third-order valence-electron chi connectivity index (χ3n) is 6.60. The molecule has 0 bridgehead atoms. The summed E-state index contributed by atoms with van der Waals surface area (Å²) in [5.41, 5.74) is 0.216. The van der Waals surface area contributed by atoms with Gasteiger partial charge < -0.3 is 15.1 Å². The minimum Gasteiger partial charge on any atom is -0.368 e. The van der Waals surface area contributed by atoms with Gasteiger partial charge in [-0.2, -0.15) is 0 Å². The van der Waals surface area contributed by atoms with Crippen molar-refractivity contribution in [2.45, 2.75) is 38.1 Å². The molecule has 7 nitrogen and oxygen atoms in total. The number of hydrogen-bond donors (Lipinski definition) is 1. The smallest absolute Gasteiger partial charge is 0.325 e. The number of carbonyl (C=O) groups excluding carboxylic acids is 3. The van der Waals surface area contributed by atoms with E-state index in [1.54, 1.807) is 4.90 Å². The van der Waals surface area contributed by atoms with Gasteiger partial charge in [-0.05, 0) is 37.0 Å². The van der Waals surface area contributed by atoms with Crippen LogP contribution in [0.5, 0.6) is 0 Å². The molecule has 1 aromatic carbocycles. The Balaban J connectivity index is 1.36. The van der Waals surface area contributed by atoms with Gasteiger partial charge in [-0.15, -0.1) is 0 Å². The van der Waals surface area contributed by atoms with Crippen LogP contribution in [0, 0.1) is 5.92 Å². The second kappa shape index (κ2) is 7.86. The van der Waals surface area contributed by atoms with Crippen LogP contribution in [0.3, 0.4) is 0 Å². The maximum Gasteiger partial charge on any atom is 0.325 e. The van der Waals surface area contributed by atoms with E-state index in [0.717, 1.165) is 29.8 Å². The molecular weight excluding hydrogens is 392 g/mol. The molecule has 1 aliphatic carbocycles. The summed E-state index contributed by atoms with van der Waals surface area (Å²) in [5, 5.41) is 3.59. The average molecular weight is 419 g/mol. The van der Waals surface area contributed by atoms with Crippen molar-refractivity contribution in [1.29, 1.82) is 0 Å². The monoisotopic (exact) mass is 418 g/mol. The van der Waals surface area contributed by atoms with Crippen LogP contribution < -0.4 is 10.2 Å². The Kier molecular flexibility index (Phi) is 5.42. The molecule has 0 radical (unpaired) electrons. The number of piperazine rings is 1. The highest BCUT2D eigenvalue weighted by Crippen LogP contribution is 2.38. The number of halogens is 1. The van der Waals surface area contributed by atoms with Crippen LogP contribution in [0.4, 0.5) is 10.5 Å². The summed E-state index contributed by atoms with van der Waals surface area (Å²) in [6.07, 6.45) is 3.56. The molecule has 2 saturated heterocycles. The molecule has 1 aromatic rings.